The minimum Gasteiger partial charge on any atom is -0.481 e. The highest BCUT2D eigenvalue weighted by Gasteiger charge is 2.14. The van der Waals surface area contributed by atoms with Crippen LogP contribution in [-0.4, -0.2) is 24.3 Å². The summed E-state index contributed by atoms with van der Waals surface area (Å²) in [4.78, 5) is 3.97. The van der Waals surface area contributed by atoms with Crippen molar-refractivity contribution in [2.75, 3.05) is 19.2 Å². The first kappa shape index (κ1) is 13.2. The smallest absolute Gasteiger partial charge is 0.221 e. The summed E-state index contributed by atoms with van der Waals surface area (Å²) in [6, 6.07) is 4.73. The zero-order valence-corrected chi connectivity index (χ0v) is 10.4. The number of hydrogen-bond acceptors (Lipinski definition) is 4. The monoisotopic (exact) mass is 266 g/mol. The maximum Gasteiger partial charge on any atom is 0.221 e. The van der Waals surface area contributed by atoms with Crippen LogP contribution in [0.4, 0.5) is 14.5 Å². The van der Waals surface area contributed by atoms with Gasteiger partial charge in [-0.1, -0.05) is 0 Å². The fraction of sp³-hybridized carbons (Fsp3) is 0.154. The molecule has 0 aliphatic rings. The molecule has 0 unspecified atom stereocenters. The van der Waals surface area contributed by atoms with Gasteiger partial charge in [-0.05, 0) is 18.2 Å². The lowest BCUT2D eigenvalue weighted by Gasteiger charge is -2.14. The predicted octanol–water partition coefficient (Wildman–Crippen LogP) is 2.86. The van der Waals surface area contributed by atoms with E-state index < -0.39 is 11.6 Å². The highest BCUT2D eigenvalue weighted by molar-refractivity contribution is 5.72. The number of ether oxygens (including phenoxy) is 1. The Labute approximate surface area is 108 Å². The molecule has 1 heterocycles. The van der Waals surface area contributed by atoms with Gasteiger partial charge in [0.1, 0.15) is 11.6 Å². The molecule has 0 amide bonds. The number of methoxy groups -OCH3 is 1. The Morgan fingerprint density at radius 1 is 1.21 bits per heavy atom. The molecular formula is C13H12F2N2O2. The Hall–Kier alpha value is -2.21. The van der Waals surface area contributed by atoms with Gasteiger partial charge in [-0.25, -0.2) is 13.8 Å². The Kier molecular flexibility index (Phi) is 3.62. The Morgan fingerprint density at radius 2 is 1.95 bits per heavy atom. The second kappa shape index (κ2) is 5.19. The van der Waals surface area contributed by atoms with Gasteiger partial charge in [0.25, 0.3) is 0 Å². The van der Waals surface area contributed by atoms with Gasteiger partial charge >= 0.3 is 0 Å². The van der Waals surface area contributed by atoms with E-state index >= 15 is 0 Å². The minimum absolute atomic E-state index is 0.148. The van der Waals surface area contributed by atoms with Gasteiger partial charge in [0.15, 0.2) is 0 Å². The van der Waals surface area contributed by atoms with Gasteiger partial charge in [0.2, 0.25) is 5.88 Å². The Morgan fingerprint density at radius 3 is 2.53 bits per heavy atom. The Balaban J connectivity index is 2.61. The number of hydrogen-bond donors (Lipinski definition) is 1. The van der Waals surface area contributed by atoms with Gasteiger partial charge in [-0.2, -0.15) is 0 Å². The summed E-state index contributed by atoms with van der Waals surface area (Å²) in [7, 11) is 2.81. The third kappa shape index (κ3) is 2.63. The minimum atomic E-state index is -0.724. The van der Waals surface area contributed by atoms with Crippen LogP contribution in [0.15, 0.2) is 30.5 Å². The van der Waals surface area contributed by atoms with Crippen LogP contribution in [0.2, 0.25) is 0 Å². The lowest BCUT2D eigenvalue weighted by molar-refractivity contribution is 0.279. The first-order valence-corrected chi connectivity index (χ1v) is 5.45. The highest BCUT2D eigenvalue weighted by atomic mass is 19.1. The molecule has 1 aromatic heterocycles. The molecule has 100 valence electrons. The van der Waals surface area contributed by atoms with Crippen molar-refractivity contribution in [2.24, 2.45) is 0 Å². The van der Waals surface area contributed by atoms with Crippen LogP contribution in [-0.2, 0) is 0 Å². The number of nitrogens with zero attached hydrogens (tertiary/aromatic N) is 2. The summed E-state index contributed by atoms with van der Waals surface area (Å²) in [5.74, 6) is -1.20. The number of anilines is 1. The van der Waals surface area contributed by atoms with Gasteiger partial charge < -0.3 is 4.74 Å². The van der Waals surface area contributed by atoms with Gasteiger partial charge in [0.05, 0.1) is 19.0 Å². The van der Waals surface area contributed by atoms with Crippen molar-refractivity contribution >= 4 is 5.69 Å². The van der Waals surface area contributed by atoms with Crippen LogP contribution in [0.3, 0.4) is 0 Å². The molecule has 0 spiro atoms. The van der Waals surface area contributed by atoms with Crippen molar-refractivity contribution in [1.29, 1.82) is 0 Å². The lowest BCUT2D eigenvalue weighted by atomic mass is 10.1. The normalized spacial score (nSPS) is 10.4. The molecule has 2 rings (SSSR count). The summed E-state index contributed by atoms with van der Waals surface area (Å²) in [5.41, 5.74) is 0.840. The molecule has 19 heavy (non-hydrogen) atoms. The van der Waals surface area contributed by atoms with Crippen molar-refractivity contribution < 1.29 is 18.7 Å². The molecule has 0 aliphatic heterocycles. The van der Waals surface area contributed by atoms with E-state index in [0.29, 0.717) is 11.3 Å². The van der Waals surface area contributed by atoms with E-state index in [4.69, 9.17) is 4.74 Å². The lowest BCUT2D eigenvalue weighted by Crippen LogP contribution is -2.10. The summed E-state index contributed by atoms with van der Waals surface area (Å²) >= 11 is 0. The van der Waals surface area contributed by atoms with Crippen LogP contribution in [0.1, 0.15) is 0 Å². The van der Waals surface area contributed by atoms with Crippen LogP contribution in [0.25, 0.3) is 11.1 Å². The van der Waals surface area contributed by atoms with E-state index in [-0.39, 0.29) is 11.4 Å². The molecule has 0 fully saturated rings. The standard InChI is InChI=1S/C13H12F2N2O2/c1-17(18)9-6-11(13(19-2)16-7-9)10-4-3-8(14)5-12(10)15/h3-7,18H,1-2H3. The zero-order chi connectivity index (χ0) is 14.0. The van der Waals surface area contributed by atoms with E-state index in [1.165, 1.54) is 32.5 Å². The third-order valence-electron chi connectivity index (χ3n) is 2.63. The van der Waals surface area contributed by atoms with Crippen LogP contribution in [0, 0.1) is 11.6 Å². The van der Waals surface area contributed by atoms with E-state index in [1.54, 1.807) is 0 Å². The third-order valence-corrected chi connectivity index (χ3v) is 2.63. The Bertz CT molecular complexity index is 603. The second-order valence-corrected chi connectivity index (χ2v) is 3.90. The largest absolute Gasteiger partial charge is 0.481 e. The molecule has 6 heteroatoms. The van der Waals surface area contributed by atoms with Crippen LogP contribution >= 0.6 is 0 Å². The number of aromatic nitrogens is 1. The van der Waals surface area contributed by atoms with E-state index in [9.17, 15) is 14.0 Å². The van der Waals surface area contributed by atoms with Crippen LogP contribution in [0.5, 0.6) is 5.88 Å². The number of benzene rings is 1. The molecule has 4 nitrogen and oxygen atoms in total. The highest BCUT2D eigenvalue weighted by Crippen LogP contribution is 2.33. The molecule has 0 atom stereocenters. The fourth-order valence-corrected chi connectivity index (χ4v) is 1.68. The molecule has 1 aromatic carbocycles. The number of hydroxylamine groups is 1. The van der Waals surface area contributed by atoms with Gasteiger partial charge in [-0.3, -0.25) is 10.3 Å². The summed E-state index contributed by atoms with van der Waals surface area (Å²) in [5, 5.41) is 10.2. The molecule has 0 aliphatic carbocycles. The van der Waals surface area contributed by atoms with Crippen LogP contribution < -0.4 is 9.80 Å². The quantitative estimate of drug-likeness (QED) is 0.868. The van der Waals surface area contributed by atoms with Crippen molar-refractivity contribution in [3.8, 4) is 17.0 Å². The number of halogens is 2. The zero-order valence-electron chi connectivity index (χ0n) is 10.4. The molecular weight excluding hydrogens is 254 g/mol. The molecule has 0 bridgehead atoms. The van der Waals surface area contributed by atoms with E-state index in [2.05, 4.69) is 4.98 Å². The molecule has 1 N–H and O–H groups in total. The maximum atomic E-state index is 13.8. The molecule has 0 saturated heterocycles. The average Bonchev–Trinajstić information content (AvgIpc) is 2.38. The fourth-order valence-electron chi connectivity index (χ4n) is 1.68. The van der Waals surface area contributed by atoms with Gasteiger partial charge in [-0.15, -0.1) is 0 Å². The SMILES string of the molecule is COc1ncc(N(C)O)cc1-c1ccc(F)cc1F. The molecule has 2 aromatic rings. The summed E-state index contributed by atoms with van der Waals surface area (Å²) < 4.78 is 31.8. The number of rotatable bonds is 3. The summed E-state index contributed by atoms with van der Waals surface area (Å²) in [6.45, 7) is 0. The number of pyridine rings is 1. The van der Waals surface area contributed by atoms with Gasteiger partial charge in [0, 0.05) is 24.2 Å². The van der Waals surface area contributed by atoms with Crippen molar-refractivity contribution in [3.63, 3.8) is 0 Å². The van der Waals surface area contributed by atoms with E-state index in [1.807, 2.05) is 0 Å². The molecule has 0 saturated carbocycles. The maximum absolute atomic E-state index is 13.8. The van der Waals surface area contributed by atoms with E-state index in [0.717, 1.165) is 17.2 Å². The molecule has 0 radical (unpaired) electrons. The average molecular weight is 266 g/mol. The predicted molar refractivity (Wildman–Crippen MR) is 66.3 cm³/mol. The summed E-state index contributed by atoms with van der Waals surface area (Å²) in [6.07, 6.45) is 1.38. The first-order chi connectivity index (χ1) is 9.02. The van der Waals surface area contributed by atoms with Crippen molar-refractivity contribution in [3.05, 3.63) is 42.1 Å². The second-order valence-electron chi connectivity index (χ2n) is 3.90. The topological polar surface area (TPSA) is 45.6 Å². The van der Waals surface area contributed by atoms with Crippen molar-refractivity contribution in [1.82, 2.24) is 4.98 Å². The first-order valence-electron chi connectivity index (χ1n) is 5.45. The van der Waals surface area contributed by atoms with Crippen molar-refractivity contribution in [2.45, 2.75) is 0 Å².